The largest absolute Gasteiger partial charge is 0.527 e. The molecule has 6 nitrogen and oxygen atoms in total. The minimum atomic E-state index is -2.29. The van der Waals surface area contributed by atoms with Gasteiger partial charge < -0.3 is 0 Å². The first-order valence-corrected chi connectivity index (χ1v) is 3.30. The normalized spacial score (nSPS) is 6.90. The second-order valence-electron chi connectivity index (χ2n) is 0.909. The third-order valence-corrected chi connectivity index (χ3v) is 1.31. The lowest BCUT2D eigenvalue weighted by Crippen LogP contribution is -2.00. The molecule has 0 aromatic carbocycles. The van der Waals surface area contributed by atoms with Crippen molar-refractivity contribution in [2.24, 2.45) is 14.0 Å². The fraction of sp³-hybridized carbons (Fsp3) is 0. The van der Waals surface area contributed by atoms with Crippen LogP contribution >= 0.6 is 0 Å². The van der Waals surface area contributed by atoms with Crippen molar-refractivity contribution in [2.75, 3.05) is 0 Å². The number of nitrogens with zero attached hydrogens (tertiary/aromatic N) is 3. The third-order valence-electron chi connectivity index (χ3n) is 0.437. The molecule has 10 heavy (non-hydrogen) atoms. The second kappa shape index (κ2) is 5.49. The van der Waals surface area contributed by atoms with Crippen molar-refractivity contribution in [3.05, 3.63) is 0 Å². The van der Waals surface area contributed by atoms with Crippen LogP contribution in [0.3, 0.4) is 0 Å². The first-order valence-electron chi connectivity index (χ1n) is 1.95. The molecule has 0 aliphatic carbocycles. The summed E-state index contributed by atoms with van der Waals surface area (Å²) in [6.07, 6.45) is 3.34. The van der Waals surface area contributed by atoms with E-state index in [1.54, 1.807) is 0 Å². The van der Waals surface area contributed by atoms with Crippen molar-refractivity contribution in [3.63, 3.8) is 0 Å². The summed E-state index contributed by atoms with van der Waals surface area (Å²) in [5.74, 6) is 0. The molecule has 0 aliphatic rings. The highest BCUT2D eigenvalue weighted by Gasteiger charge is 2.07. The Hall–Kier alpha value is -1.64. The van der Waals surface area contributed by atoms with Crippen molar-refractivity contribution in [1.29, 1.82) is 0 Å². The average Bonchev–Trinajstić information content (AvgIpc) is 1.90. The molecule has 0 heterocycles. The van der Waals surface area contributed by atoms with E-state index in [9.17, 15) is 14.4 Å². The molecule has 0 bridgehead atoms. The first kappa shape index (κ1) is 8.36. The summed E-state index contributed by atoms with van der Waals surface area (Å²) < 4.78 is 8.82. The predicted octanol–water partition coefficient (Wildman–Crippen LogP) is -1.02. The zero-order valence-corrected chi connectivity index (χ0v) is 5.57. The van der Waals surface area contributed by atoms with Crippen LogP contribution in [0, 0.1) is 0 Å². The van der Waals surface area contributed by atoms with Gasteiger partial charge in [0.05, 0.1) is 0 Å². The summed E-state index contributed by atoms with van der Waals surface area (Å²) in [4.78, 5) is 28.6. The summed E-state index contributed by atoms with van der Waals surface area (Å²) in [6.45, 7) is 0. The standard InChI is InChI=1S/C3N3O3Si/c7-1-4-10(5-2-8)6-3-9. The molecule has 0 spiro atoms. The van der Waals surface area contributed by atoms with E-state index in [0.29, 0.717) is 0 Å². The summed E-state index contributed by atoms with van der Waals surface area (Å²) in [5.41, 5.74) is 0. The van der Waals surface area contributed by atoms with E-state index in [-0.39, 0.29) is 0 Å². The van der Waals surface area contributed by atoms with Gasteiger partial charge in [-0.2, -0.15) is 14.0 Å². The Bertz CT molecular complexity index is 203. The zero-order valence-electron chi connectivity index (χ0n) is 4.57. The van der Waals surface area contributed by atoms with Crippen LogP contribution in [0.15, 0.2) is 14.0 Å². The van der Waals surface area contributed by atoms with Crippen LogP contribution < -0.4 is 0 Å². The fourth-order valence-corrected chi connectivity index (χ4v) is 0.592. The molecule has 49 valence electrons. The van der Waals surface area contributed by atoms with E-state index in [4.69, 9.17) is 0 Å². The molecule has 0 atom stereocenters. The molecule has 0 rings (SSSR count). The van der Waals surface area contributed by atoms with Crippen LogP contribution in [0.4, 0.5) is 0 Å². The summed E-state index contributed by atoms with van der Waals surface area (Å²) >= 11 is 0. The Kier molecular flexibility index (Phi) is 4.59. The molecule has 0 aliphatic heterocycles. The maximum absolute atomic E-state index is 9.52. The number of isocyanates is 3. The van der Waals surface area contributed by atoms with E-state index in [1.165, 1.54) is 0 Å². The first-order chi connectivity index (χ1) is 4.85. The Morgan fingerprint density at radius 2 is 1.10 bits per heavy atom. The molecule has 0 fully saturated rings. The molecule has 0 aromatic heterocycles. The summed E-state index contributed by atoms with van der Waals surface area (Å²) in [7, 11) is -2.29. The van der Waals surface area contributed by atoms with Gasteiger partial charge in [-0.25, -0.2) is 14.4 Å². The van der Waals surface area contributed by atoms with Crippen LogP contribution in [0.5, 0.6) is 0 Å². The Morgan fingerprint density at radius 1 is 0.800 bits per heavy atom. The lowest BCUT2D eigenvalue weighted by Gasteiger charge is -1.78. The van der Waals surface area contributed by atoms with Crippen molar-refractivity contribution in [2.45, 2.75) is 0 Å². The van der Waals surface area contributed by atoms with Gasteiger partial charge in [-0.15, -0.1) is 0 Å². The van der Waals surface area contributed by atoms with E-state index >= 15 is 0 Å². The van der Waals surface area contributed by atoms with E-state index in [0.717, 1.165) is 18.2 Å². The van der Waals surface area contributed by atoms with Crippen LogP contribution in [-0.2, 0) is 14.4 Å². The van der Waals surface area contributed by atoms with Crippen molar-refractivity contribution in [1.82, 2.24) is 0 Å². The van der Waals surface area contributed by atoms with Gasteiger partial charge in [-0.3, -0.25) is 0 Å². The third kappa shape index (κ3) is 3.37. The topological polar surface area (TPSA) is 88.3 Å². The van der Waals surface area contributed by atoms with E-state index in [2.05, 4.69) is 14.0 Å². The van der Waals surface area contributed by atoms with E-state index in [1.807, 2.05) is 0 Å². The minimum absolute atomic E-state index is 1.11. The molecule has 0 aromatic rings. The summed E-state index contributed by atoms with van der Waals surface area (Å²) in [5, 5.41) is 0. The number of hydrogen-bond acceptors (Lipinski definition) is 6. The minimum Gasteiger partial charge on any atom is -0.212 e. The molecule has 7 heteroatoms. The van der Waals surface area contributed by atoms with Crippen molar-refractivity contribution in [3.8, 4) is 0 Å². The van der Waals surface area contributed by atoms with Crippen molar-refractivity contribution >= 4 is 27.5 Å². The molecule has 0 unspecified atom stereocenters. The van der Waals surface area contributed by atoms with Crippen LogP contribution in [-0.4, -0.2) is 27.5 Å². The van der Waals surface area contributed by atoms with Crippen LogP contribution in [0.2, 0.25) is 0 Å². The van der Waals surface area contributed by atoms with Gasteiger partial charge in [0.2, 0.25) is 18.2 Å². The summed E-state index contributed by atoms with van der Waals surface area (Å²) in [6, 6.07) is 0. The van der Waals surface area contributed by atoms with Gasteiger partial charge in [0.15, 0.2) is 0 Å². The highest BCUT2D eigenvalue weighted by molar-refractivity contribution is 6.55. The molecule has 0 amide bonds. The van der Waals surface area contributed by atoms with Gasteiger partial charge in [-0.05, 0) is 0 Å². The van der Waals surface area contributed by atoms with Crippen LogP contribution in [0.1, 0.15) is 0 Å². The smallest absolute Gasteiger partial charge is 0.212 e. The quantitative estimate of drug-likeness (QED) is 0.296. The van der Waals surface area contributed by atoms with Crippen LogP contribution in [0.25, 0.3) is 0 Å². The Balaban J connectivity index is 4.39. The molecule has 1 radical (unpaired) electrons. The molecule has 0 saturated heterocycles. The molecular weight excluding hydrogens is 154 g/mol. The second-order valence-corrected chi connectivity index (χ2v) is 2.18. The maximum Gasteiger partial charge on any atom is 0.527 e. The molecule has 0 N–H and O–H groups in total. The molecular formula is C3N3O3Si. The number of hydrogen-bond donors (Lipinski definition) is 0. The number of carbonyl (C=O) groups excluding carboxylic acids is 3. The lowest BCUT2D eigenvalue weighted by molar-refractivity contribution is 0.565. The Labute approximate surface area is 56.9 Å². The SMILES string of the molecule is O=C=N[Si](N=C=O)N=C=O. The predicted molar refractivity (Wildman–Crippen MR) is 30.1 cm³/mol. The van der Waals surface area contributed by atoms with Gasteiger partial charge in [-0.1, -0.05) is 0 Å². The van der Waals surface area contributed by atoms with Gasteiger partial charge in [0.1, 0.15) is 0 Å². The molecule has 0 saturated carbocycles. The van der Waals surface area contributed by atoms with Gasteiger partial charge in [0.25, 0.3) is 0 Å². The monoisotopic (exact) mass is 154 g/mol. The van der Waals surface area contributed by atoms with Gasteiger partial charge in [0, 0.05) is 0 Å². The number of rotatable bonds is 3. The fourth-order valence-electron chi connectivity index (χ4n) is 0.197. The van der Waals surface area contributed by atoms with Gasteiger partial charge >= 0.3 is 9.28 Å². The maximum atomic E-state index is 9.52. The average molecular weight is 154 g/mol. The zero-order chi connectivity index (χ0) is 7.82. The highest BCUT2D eigenvalue weighted by Crippen LogP contribution is 1.82. The van der Waals surface area contributed by atoms with E-state index < -0.39 is 9.28 Å². The highest BCUT2D eigenvalue weighted by atomic mass is 28.3. The van der Waals surface area contributed by atoms with Crippen molar-refractivity contribution < 1.29 is 14.4 Å². The Morgan fingerprint density at radius 3 is 1.30 bits per heavy atom. The lowest BCUT2D eigenvalue weighted by atomic mass is 11.7.